The highest BCUT2D eigenvalue weighted by Crippen LogP contribution is 2.31. The topological polar surface area (TPSA) is 93.6 Å². The van der Waals surface area contributed by atoms with Gasteiger partial charge in [0.25, 0.3) is 5.91 Å². The predicted octanol–water partition coefficient (Wildman–Crippen LogP) is 5.39. The van der Waals surface area contributed by atoms with Crippen LogP contribution < -0.4 is 5.48 Å². The fraction of sp³-hybridized carbons (Fsp3) is 0.300. The third-order valence-electron chi connectivity index (χ3n) is 6.75. The molecule has 1 aliphatic rings. The number of nitrogens with zero attached hydrogens (tertiary/aromatic N) is 2. The Morgan fingerprint density at radius 3 is 2.49 bits per heavy atom. The van der Waals surface area contributed by atoms with Crippen molar-refractivity contribution in [2.45, 2.75) is 45.3 Å². The highest BCUT2D eigenvalue weighted by molar-refractivity contribution is 6.08. The fourth-order valence-corrected chi connectivity index (χ4v) is 4.72. The largest absolute Gasteiger partial charge is 0.396 e. The van der Waals surface area contributed by atoms with Gasteiger partial charge < -0.3 is 9.84 Å². The molecule has 4 aromatic rings. The molecule has 5 rings (SSSR count). The molecule has 0 spiro atoms. The van der Waals surface area contributed by atoms with Gasteiger partial charge in [-0.2, -0.15) is 0 Å². The second kappa shape index (κ2) is 11.6. The Balaban J connectivity index is 1.42. The van der Waals surface area contributed by atoms with E-state index in [1.165, 1.54) is 5.56 Å². The molecule has 0 radical (unpaired) electrons. The molecule has 7 heteroatoms. The normalized spacial score (nSPS) is 15.6. The van der Waals surface area contributed by atoms with Gasteiger partial charge in [0.2, 0.25) is 0 Å². The van der Waals surface area contributed by atoms with E-state index in [0.29, 0.717) is 23.1 Å². The average molecular weight is 498 g/mol. The van der Waals surface area contributed by atoms with Crippen LogP contribution in [-0.2, 0) is 16.0 Å². The predicted molar refractivity (Wildman–Crippen MR) is 143 cm³/mol. The van der Waals surface area contributed by atoms with E-state index in [1.54, 1.807) is 12.4 Å². The molecule has 1 saturated heterocycles. The van der Waals surface area contributed by atoms with Crippen LogP contribution in [-0.4, -0.2) is 40.5 Å². The van der Waals surface area contributed by atoms with E-state index in [4.69, 9.17) is 19.7 Å². The van der Waals surface area contributed by atoms with Crippen molar-refractivity contribution < 1.29 is 19.5 Å². The number of amides is 1. The Morgan fingerprint density at radius 2 is 1.78 bits per heavy atom. The number of hydroxylamine groups is 1. The Hall–Kier alpha value is -3.65. The van der Waals surface area contributed by atoms with Crippen LogP contribution in [0.4, 0.5) is 0 Å². The molecule has 2 aromatic heterocycles. The number of carbonyl (C=O) groups excluding carboxylic acids is 1. The number of rotatable bonds is 8. The van der Waals surface area contributed by atoms with Crippen LogP contribution in [0.3, 0.4) is 0 Å². The molecule has 1 atom stereocenters. The first-order chi connectivity index (χ1) is 18.1. The lowest BCUT2D eigenvalue weighted by Gasteiger charge is -2.22. The van der Waals surface area contributed by atoms with Crippen LogP contribution in [0.25, 0.3) is 33.3 Å². The van der Waals surface area contributed by atoms with Crippen molar-refractivity contribution in [3.05, 3.63) is 83.7 Å². The summed E-state index contributed by atoms with van der Waals surface area (Å²) < 4.78 is 5.57. The van der Waals surface area contributed by atoms with Crippen molar-refractivity contribution in [1.29, 1.82) is 0 Å². The van der Waals surface area contributed by atoms with Crippen molar-refractivity contribution in [2.75, 3.05) is 13.2 Å². The minimum atomic E-state index is -0.431. The summed E-state index contributed by atoms with van der Waals surface area (Å²) in [5.74, 6) is -0.341. The van der Waals surface area contributed by atoms with Crippen molar-refractivity contribution in [2.24, 2.45) is 0 Å². The molecule has 2 N–H and O–H groups in total. The first-order valence-electron chi connectivity index (χ1n) is 12.8. The number of hydrogen-bond donors (Lipinski definition) is 2. The third-order valence-corrected chi connectivity index (χ3v) is 6.75. The van der Waals surface area contributed by atoms with Crippen molar-refractivity contribution >= 4 is 16.8 Å². The van der Waals surface area contributed by atoms with Gasteiger partial charge in [-0.15, -0.1) is 0 Å². The van der Waals surface area contributed by atoms with Crippen LogP contribution in [0.5, 0.6) is 0 Å². The van der Waals surface area contributed by atoms with E-state index < -0.39 is 6.29 Å². The lowest BCUT2D eigenvalue weighted by molar-refractivity contribution is -0.186. The second-order valence-electron chi connectivity index (χ2n) is 9.30. The summed E-state index contributed by atoms with van der Waals surface area (Å²) >= 11 is 0. The van der Waals surface area contributed by atoms with Gasteiger partial charge in [0.05, 0.1) is 16.8 Å². The second-order valence-corrected chi connectivity index (χ2v) is 9.30. The van der Waals surface area contributed by atoms with Gasteiger partial charge in [0.1, 0.15) is 0 Å². The number of ether oxygens (including phenoxy) is 1. The summed E-state index contributed by atoms with van der Waals surface area (Å²) in [6.45, 7) is 2.74. The maximum Gasteiger partial charge on any atom is 0.276 e. The number of fused-ring (bicyclic) bond motifs is 1. The number of aryl methyl sites for hydroxylation is 1. The zero-order valence-corrected chi connectivity index (χ0v) is 20.9. The van der Waals surface area contributed by atoms with E-state index in [1.807, 2.05) is 25.1 Å². The molecule has 0 saturated carbocycles. The highest BCUT2D eigenvalue weighted by atomic mass is 16.8. The number of aromatic nitrogens is 2. The van der Waals surface area contributed by atoms with Crippen LogP contribution in [0.1, 0.15) is 47.2 Å². The molecule has 1 amide bonds. The van der Waals surface area contributed by atoms with Crippen LogP contribution in [0.15, 0.2) is 67.0 Å². The van der Waals surface area contributed by atoms with E-state index >= 15 is 0 Å². The zero-order valence-electron chi connectivity index (χ0n) is 20.9. The summed E-state index contributed by atoms with van der Waals surface area (Å²) in [4.78, 5) is 27.9. The molecule has 1 aliphatic heterocycles. The van der Waals surface area contributed by atoms with Crippen LogP contribution in [0, 0.1) is 6.92 Å². The standard InChI is InChI=1S/C30H31N3O4/c1-20-28(30(35)33-37-27-6-2-3-18-36-27)25-19-31-16-15-26(25)32-29(20)24-13-11-23(12-14-24)22-9-7-21(8-10-22)5-4-17-34/h7-16,19,27,34H,2-6,17-18H2,1H3,(H,33,35). The molecule has 37 heavy (non-hydrogen) atoms. The van der Waals surface area contributed by atoms with Gasteiger partial charge in [0.15, 0.2) is 6.29 Å². The number of pyridine rings is 2. The highest BCUT2D eigenvalue weighted by Gasteiger charge is 2.22. The van der Waals surface area contributed by atoms with Crippen LogP contribution >= 0.6 is 0 Å². The molecule has 1 fully saturated rings. The van der Waals surface area contributed by atoms with Gasteiger partial charge in [-0.05, 0) is 60.9 Å². The van der Waals surface area contributed by atoms with E-state index in [-0.39, 0.29) is 12.5 Å². The smallest absolute Gasteiger partial charge is 0.276 e. The Labute approximate surface area is 216 Å². The van der Waals surface area contributed by atoms with Gasteiger partial charge in [-0.3, -0.25) is 9.78 Å². The summed E-state index contributed by atoms with van der Waals surface area (Å²) in [7, 11) is 0. The third kappa shape index (κ3) is 5.69. The monoisotopic (exact) mass is 497 g/mol. The summed E-state index contributed by atoms with van der Waals surface area (Å²) in [5.41, 5.74) is 9.63. The van der Waals surface area contributed by atoms with Gasteiger partial charge in [-0.25, -0.2) is 15.3 Å². The molecular formula is C30H31N3O4. The maximum atomic E-state index is 13.3. The van der Waals surface area contributed by atoms with E-state index in [9.17, 15) is 4.79 Å². The van der Waals surface area contributed by atoms with E-state index in [2.05, 4.69) is 46.9 Å². The maximum absolute atomic E-state index is 13.3. The zero-order chi connectivity index (χ0) is 25.6. The lowest BCUT2D eigenvalue weighted by atomic mass is 9.96. The first-order valence-corrected chi connectivity index (χ1v) is 12.8. The Bertz CT molecular complexity index is 1360. The molecule has 1 unspecified atom stereocenters. The fourth-order valence-electron chi connectivity index (χ4n) is 4.72. The molecule has 7 nitrogen and oxygen atoms in total. The number of nitrogens with one attached hydrogen (secondary N) is 1. The summed E-state index contributed by atoms with van der Waals surface area (Å²) in [5, 5.41) is 9.72. The lowest BCUT2D eigenvalue weighted by Crippen LogP contribution is -2.33. The molecule has 0 bridgehead atoms. The molecular weight excluding hydrogens is 466 g/mol. The Morgan fingerprint density at radius 1 is 1.05 bits per heavy atom. The van der Waals surface area contributed by atoms with Crippen LogP contribution in [0.2, 0.25) is 0 Å². The molecule has 190 valence electrons. The van der Waals surface area contributed by atoms with Crippen molar-refractivity contribution in [3.8, 4) is 22.4 Å². The minimum Gasteiger partial charge on any atom is -0.396 e. The first kappa shape index (κ1) is 25.0. The SMILES string of the molecule is Cc1c(-c2ccc(-c3ccc(CCCO)cc3)cc2)nc2ccncc2c1C(=O)NOC1CCCCO1. The molecule has 2 aromatic carbocycles. The molecule has 0 aliphatic carbocycles. The number of benzene rings is 2. The van der Waals surface area contributed by atoms with Gasteiger partial charge in [0, 0.05) is 43.0 Å². The minimum absolute atomic E-state index is 0.202. The van der Waals surface area contributed by atoms with E-state index in [0.717, 1.165) is 60.1 Å². The summed E-state index contributed by atoms with van der Waals surface area (Å²) in [6.07, 6.45) is 7.31. The Kier molecular flexibility index (Phi) is 7.84. The number of carbonyl (C=O) groups is 1. The van der Waals surface area contributed by atoms with Crippen molar-refractivity contribution in [3.63, 3.8) is 0 Å². The average Bonchev–Trinajstić information content (AvgIpc) is 2.95. The quantitative estimate of drug-likeness (QED) is 0.317. The molecule has 3 heterocycles. The van der Waals surface area contributed by atoms with Crippen molar-refractivity contribution in [1.82, 2.24) is 15.4 Å². The number of hydrogen-bond acceptors (Lipinski definition) is 6. The van der Waals surface area contributed by atoms with Gasteiger partial charge in [-0.1, -0.05) is 48.5 Å². The summed E-state index contributed by atoms with van der Waals surface area (Å²) in [6, 6.07) is 18.4. The van der Waals surface area contributed by atoms with Gasteiger partial charge >= 0.3 is 0 Å². The number of aliphatic hydroxyl groups excluding tert-OH is 1. The number of aliphatic hydroxyl groups is 1.